The third-order valence-electron chi connectivity index (χ3n) is 1.36. The number of nitrogens with one attached hydrogen (secondary N) is 1. The summed E-state index contributed by atoms with van der Waals surface area (Å²) in [5, 5.41) is 11.6. The molecule has 1 unspecified atom stereocenters. The summed E-state index contributed by atoms with van der Waals surface area (Å²) in [6.07, 6.45) is 1.83. The number of hydrogen-bond acceptors (Lipinski definition) is 2. The predicted octanol–water partition coefficient (Wildman–Crippen LogP) is 2.56. The Bertz CT molecular complexity index is 105. The fourth-order valence-electron chi connectivity index (χ4n) is 0.753. The summed E-state index contributed by atoms with van der Waals surface area (Å²) in [4.78, 5) is 0. The molecule has 2 nitrogen and oxygen atoms in total. The molecule has 0 spiro atoms. The van der Waals surface area contributed by atoms with Crippen LogP contribution in [-0.2, 0) is 0 Å². The van der Waals surface area contributed by atoms with Crippen molar-refractivity contribution in [2.45, 2.75) is 40.5 Å². The second-order valence-corrected chi connectivity index (χ2v) is 2.67. The Morgan fingerprint density at radius 1 is 1.42 bits per heavy atom. The minimum Gasteiger partial charge on any atom is -0.316 e. The second-order valence-electron chi connectivity index (χ2n) is 2.67. The molecule has 72 valence electrons. The van der Waals surface area contributed by atoms with Crippen LogP contribution in [0.2, 0.25) is 0 Å². The zero-order chi connectivity index (χ0) is 9.82. The van der Waals surface area contributed by atoms with Gasteiger partial charge in [-0.3, -0.25) is 0 Å². The van der Waals surface area contributed by atoms with E-state index in [0.717, 1.165) is 13.1 Å². The van der Waals surface area contributed by atoms with Gasteiger partial charge >= 0.3 is 0 Å². The van der Waals surface area contributed by atoms with Crippen LogP contribution in [0.3, 0.4) is 0 Å². The van der Waals surface area contributed by atoms with Crippen LogP contribution >= 0.6 is 0 Å². The molecule has 2 heteroatoms. The molecule has 0 rings (SSSR count). The normalized spacial score (nSPS) is 10.9. The van der Waals surface area contributed by atoms with Crippen LogP contribution in [0.1, 0.15) is 40.5 Å². The Morgan fingerprint density at radius 3 is 2.42 bits per heavy atom. The summed E-state index contributed by atoms with van der Waals surface area (Å²) in [5.41, 5.74) is 0. The van der Waals surface area contributed by atoms with Crippen molar-refractivity contribution in [2.75, 3.05) is 13.1 Å². The quantitative estimate of drug-likeness (QED) is 0.644. The van der Waals surface area contributed by atoms with Crippen molar-refractivity contribution in [3.8, 4) is 6.07 Å². The molecule has 0 saturated heterocycles. The van der Waals surface area contributed by atoms with Crippen LogP contribution in [0.5, 0.6) is 0 Å². The summed E-state index contributed by atoms with van der Waals surface area (Å²) >= 11 is 0. The van der Waals surface area contributed by atoms with E-state index in [1.807, 2.05) is 13.8 Å². The topological polar surface area (TPSA) is 35.8 Å². The first-order chi connectivity index (χ1) is 5.81. The Morgan fingerprint density at radius 2 is 2.00 bits per heavy atom. The van der Waals surface area contributed by atoms with Gasteiger partial charge in [0.1, 0.15) is 0 Å². The largest absolute Gasteiger partial charge is 0.316 e. The molecule has 0 heterocycles. The zero-order valence-electron chi connectivity index (χ0n) is 8.85. The fraction of sp³-hybridized carbons (Fsp3) is 0.900. The molecule has 0 fully saturated rings. The first-order valence-corrected chi connectivity index (χ1v) is 4.89. The Kier molecular flexibility index (Phi) is 15.2. The van der Waals surface area contributed by atoms with Gasteiger partial charge in [-0.25, -0.2) is 0 Å². The average Bonchev–Trinajstić information content (AvgIpc) is 2.09. The number of nitriles is 1. The van der Waals surface area contributed by atoms with Gasteiger partial charge in [0.2, 0.25) is 0 Å². The highest BCUT2D eigenvalue weighted by molar-refractivity contribution is 4.74. The van der Waals surface area contributed by atoms with E-state index in [0.29, 0.717) is 12.3 Å². The van der Waals surface area contributed by atoms with Gasteiger partial charge in [0, 0.05) is 6.42 Å². The van der Waals surface area contributed by atoms with E-state index in [2.05, 4.69) is 25.2 Å². The molecule has 0 radical (unpaired) electrons. The summed E-state index contributed by atoms with van der Waals surface area (Å²) in [6.45, 7) is 10.3. The lowest BCUT2D eigenvalue weighted by molar-refractivity contribution is 0.522. The van der Waals surface area contributed by atoms with Crippen LogP contribution in [0.4, 0.5) is 0 Å². The monoisotopic (exact) mass is 170 g/mol. The highest BCUT2D eigenvalue weighted by Gasteiger charge is 1.97. The van der Waals surface area contributed by atoms with Crippen molar-refractivity contribution in [1.82, 2.24) is 5.32 Å². The van der Waals surface area contributed by atoms with Gasteiger partial charge in [-0.1, -0.05) is 27.7 Å². The minimum absolute atomic E-state index is 0.497. The zero-order valence-corrected chi connectivity index (χ0v) is 8.85. The van der Waals surface area contributed by atoms with Gasteiger partial charge in [-0.15, -0.1) is 0 Å². The molecule has 0 saturated carbocycles. The standard InChI is InChI=1S/C8H16N2.C2H6/c1-3-6-10-7-8(2)4-5-9;1-2/h8,10H,3-4,6-7H2,1-2H3;1-2H3. The van der Waals surface area contributed by atoms with Crippen molar-refractivity contribution in [3.63, 3.8) is 0 Å². The maximum Gasteiger partial charge on any atom is 0.0625 e. The summed E-state index contributed by atoms with van der Waals surface area (Å²) < 4.78 is 0. The van der Waals surface area contributed by atoms with Crippen molar-refractivity contribution >= 4 is 0 Å². The molecule has 0 aliphatic carbocycles. The van der Waals surface area contributed by atoms with Gasteiger partial charge in [0.15, 0.2) is 0 Å². The van der Waals surface area contributed by atoms with Gasteiger partial charge in [-0.05, 0) is 25.4 Å². The van der Waals surface area contributed by atoms with E-state index in [1.54, 1.807) is 0 Å². The molecular formula is C10H22N2. The number of nitrogens with zero attached hydrogens (tertiary/aromatic N) is 1. The fourth-order valence-corrected chi connectivity index (χ4v) is 0.753. The summed E-state index contributed by atoms with van der Waals surface area (Å²) in [6, 6.07) is 2.15. The molecule has 1 N–H and O–H groups in total. The molecule has 12 heavy (non-hydrogen) atoms. The van der Waals surface area contributed by atoms with Crippen LogP contribution in [0.15, 0.2) is 0 Å². The molecule has 0 bridgehead atoms. The summed E-state index contributed by atoms with van der Waals surface area (Å²) in [7, 11) is 0. The molecule has 0 aliphatic rings. The van der Waals surface area contributed by atoms with Crippen molar-refractivity contribution in [3.05, 3.63) is 0 Å². The third-order valence-corrected chi connectivity index (χ3v) is 1.36. The Balaban J connectivity index is 0. The highest BCUT2D eigenvalue weighted by Crippen LogP contribution is 1.96. The van der Waals surface area contributed by atoms with E-state index in [9.17, 15) is 0 Å². The molecule has 1 atom stereocenters. The summed E-state index contributed by atoms with van der Waals surface area (Å²) in [5.74, 6) is 0.497. The van der Waals surface area contributed by atoms with E-state index >= 15 is 0 Å². The Hall–Kier alpha value is -0.550. The Labute approximate surface area is 77.0 Å². The molecule has 0 aromatic rings. The lowest BCUT2D eigenvalue weighted by Gasteiger charge is -2.06. The predicted molar refractivity (Wildman–Crippen MR) is 53.9 cm³/mol. The van der Waals surface area contributed by atoms with Crippen LogP contribution in [-0.4, -0.2) is 13.1 Å². The number of hydrogen-bond donors (Lipinski definition) is 1. The molecular weight excluding hydrogens is 148 g/mol. The molecule has 0 aliphatic heterocycles. The van der Waals surface area contributed by atoms with Gasteiger partial charge < -0.3 is 5.32 Å². The van der Waals surface area contributed by atoms with E-state index < -0.39 is 0 Å². The molecule has 0 amide bonds. The van der Waals surface area contributed by atoms with Gasteiger partial charge in [0.25, 0.3) is 0 Å². The van der Waals surface area contributed by atoms with E-state index in [4.69, 9.17) is 5.26 Å². The van der Waals surface area contributed by atoms with Gasteiger partial charge in [-0.2, -0.15) is 5.26 Å². The average molecular weight is 170 g/mol. The maximum absolute atomic E-state index is 8.32. The van der Waals surface area contributed by atoms with Crippen molar-refractivity contribution in [1.29, 1.82) is 5.26 Å². The van der Waals surface area contributed by atoms with Crippen LogP contribution in [0, 0.1) is 17.2 Å². The minimum atomic E-state index is 0.497. The lowest BCUT2D eigenvalue weighted by atomic mass is 10.1. The molecule has 0 aromatic heterocycles. The lowest BCUT2D eigenvalue weighted by Crippen LogP contribution is -2.21. The van der Waals surface area contributed by atoms with Crippen molar-refractivity contribution in [2.24, 2.45) is 5.92 Å². The number of rotatable bonds is 5. The second kappa shape index (κ2) is 13.1. The van der Waals surface area contributed by atoms with Crippen LogP contribution < -0.4 is 5.32 Å². The third kappa shape index (κ3) is 12.2. The maximum atomic E-state index is 8.32. The molecule has 0 aromatic carbocycles. The highest BCUT2D eigenvalue weighted by atomic mass is 14.8. The van der Waals surface area contributed by atoms with Gasteiger partial charge in [0.05, 0.1) is 6.07 Å². The first-order valence-electron chi connectivity index (χ1n) is 4.89. The smallest absolute Gasteiger partial charge is 0.0625 e. The van der Waals surface area contributed by atoms with Crippen LogP contribution in [0.25, 0.3) is 0 Å². The van der Waals surface area contributed by atoms with E-state index in [1.165, 1.54) is 6.42 Å². The first kappa shape index (κ1) is 14.0. The van der Waals surface area contributed by atoms with Crippen molar-refractivity contribution < 1.29 is 0 Å². The SMILES string of the molecule is CC.CCCNCC(C)CC#N. The van der Waals surface area contributed by atoms with E-state index in [-0.39, 0.29) is 0 Å².